The SMILES string of the molecule is CC[C@H]1CC[C@@H]2O[C@@H](OC(=O)c3ccccc3)C=C[C@H]2O1. The minimum absolute atomic E-state index is 0.0182. The van der Waals surface area contributed by atoms with Gasteiger partial charge in [0.1, 0.15) is 6.10 Å². The number of esters is 1. The molecule has 0 N–H and O–H groups in total. The summed E-state index contributed by atoms with van der Waals surface area (Å²) in [6, 6.07) is 8.94. The third-order valence-corrected chi connectivity index (χ3v) is 3.94. The smallest absolute Gasteiger partial charge is 0.340 e. The maximum Gasteiger partial charge on any atom is 0.340 e. The fourth-order valence-corrected chi connectivity index (χ4v) is 2.74. The molecular formula is C17H20O4. The van der Waals surface area contributed by atoms with Gasteiger partial charge >= 0.3 is 5.97 Å². The highest BCUT2D eigenvalue weighted by atomic mass is 16.7. The third-order valence-electron chi connectivity index (χ3n) is 3.94. The quantitative estimate of drug-likeness (QED) is 0.633. The monoisotopic (exact) mass is 288 g/mol. The van der Waals surface area contributed by atoms with Crippen molar-refractivity contribution in [3.05, 3.63) is 48.0 Å². The molecule has 0 radical (unpaired) electrons. The van der Waals surface area contributed by atoms with Crippen molar-refractivity contribution < 1.29 is 19.0 Å². The van der Waals surface area contributed by atoms with E-state index < -0.39 is 6.29 Å². The Morgan fingerprint density at radius 1 is 1.19 bits per heavy atom. The normalized spacial score (nSPS) is 31.5. The van der Waals surface area contributed by atoms with E-state index in [9.17, 15) is 4.79 Å². The molecule has 21 heavy (non-hydrogen) atoms. The Morgan fingerprint density at radius 3 is 2.76 bits per heavy atom. The Balaban J connectivity index is 1.60. The zero-order valence-corrected chi connectivity index (χ0v) is 12.1. The van der Waals surface area contributed by atoms with E-state index >= 15 is 0 Å². The van der Waals surface area contributed by atoms with Gasteiger partial charge in [-0.2, -0.15) is 0 Å². The molecular weight excluding hydrogens is 268 g/mol. The van der Waals surface area contributed by atoms with Gasteiger partial charge in [-0.3, -0.25) is 0 Å². The van der Waals surface area contributed by atoms with Crippen LogP contribution in [0, 0.1) is 0 Å². The van der Waals surface area contributed by atoms with Gasteiger partial charge in [0.25, 0.3) is 0 Å². The molecule has 0 aliphatic carbocycles. The van der Waals surface area contributed by atoms with Crippen molar-refractivity contribution in [1.82, 2.24) is 0 Å². The van der Waals surface area contributed by atoms with Crippen molar-refractivity contribution in [3.8, 4) is 0 Å². The Labute approximate surface area is 124 Å². The average molecular weight is 288 g/mol. The molecule has 2 aliphatic rings. The van der Waals surface area contributed by atoms with Crippen LogP contribution in [0.1, 0.15) is 36.5 Å². The lowest BCUT2D eigenvalue weighted by Crippen LogP contribution is -2.44. The van der Waals surface area contributed by atoms with Gasteiger partial charge in [0, 0.05) is 0 Å². The molecule has 0 bridgehead atoms. The fourth-order valence-electron chi connectivity index (χ4n) is 2.74. The van der Waals surface area contributed by atoms with Crippen LogP contribution >= 0.6 is 0 Å². The molecule has 0 spiro atoms. The predicted octanol–water partition coefficient (Wildman–Crippen LogP) is 3.08. The van der Waals surface area contributed by atoms with E-state index in [2.05, 4.69) is 6.92 Å². The molecule has 4 atom stereocenters. The summed E-state index contributed by atoms with van der Waals surface area (Å²) < 4.78 is 17.1. The highest BCUT2D eigenvalue weighted by molar-refractivity contribution is 5.89. The second-order valence-corrected chi connectivity index (χ2v) is 5.41. The molecule has 1 fully saturated rings. The van der Waals surface area contributed by atoms with Crippen LogP contribution in [-0.4, -0.2) is 30.6 Å². The molecule has 0 aromatic heterocycles. The number of carbonyl (C=O) groups is 1. The van der Waals surface area contributed by atoms with Crippen LogP contribution in [0.5, 0.6) is 0 Å². The summed E-state index contributed by atoms with van der Waals surface area (Å²) in [5, 5.41) is 0. The van der Waals surface area contributed by atoms with Crippen LogP contribution in [0.25, 0.3) is 0 Å². The van der Waals surface area contributed by atoms with Gasteiger partial charge in [-0.1, -0.05) is 31.2 Å². The van der Waals surface area contributed by atoms with Gasteiger partial charge in [0.2, 0.25) is 6.29 Å². The Hall–Kier alpha value is -1.65. The van der Waals surface area contributed by atoms with Crippen molar-refractivity contribution in [3.63, 3.8) is 0 Å². The van der Waals surface area contributed by atoms with Crippen LogP contribution < -0.4 is 0 Å². The van der Waals surface area contributed by atoms with Gasteiger partial charge in [-0.15, -0.1) is 0 Å². The van der Waals surface area contributed by atoms with E-state index in [4.69, 9.17) is 14.2 Å². The van der Waals surface area contributed by atoms with Crippen LogP contribution in [0.4, 0.5) is 0 Å². The molecule has 0 amide bonds. The van der Waals surface area contributed by atoms with E-state index in [-0.39, 0.29) is 18.2 Å². The van der Waals surface area contributed by atoms with Crippen molar-refractivity contribution in [2.45, 2.75) is 50.8 Å². The number of hydrogen-bond acceptors (Lipinski definition) is 4. The molecule has 2 aliphatic heterocycles. The minimum atomic E-state index is -0.624. The highest BCUT2D eigenvalue weighted by Crippen LogP contribution is 2.29. The molecule has 1 saturated heterocycles. The topological polar surface area (TPSA) is 44.8 Å². The maximum atomic E-state index is 12.0. The van der Waals surface area contributed by atoms with E-state index in [0.29, 0.717) is 11.7 Å². The largest absolute Gasteiger partial charge is 0.428 e. The summed E-state index contributed by atoms with van der Waals surface area (Å²) >= 11 is 0. The first-order valence-corrected chi connectivity index (χ1v) is 7.51. The lowest BCUT2D eigenvalue weighted by atomic mass is 9.98. The Bertz CT molecular complexity index is 511. The zero-order chi connectivity index (χ0) is 14.7. The molecule has 0 saturated carbocycles. The fraction of sp³-hybridized carbons (Fsp3) is 0.471. The average Bonchev–Trinajstić information content (AvgIpc) is 2.55. The molecule has 3 rings (SSSR count). The van der Waals surface area contributed by atoms with Crippen molar-refractivity contribution in [2.75, 3.05) is 0 Å². The van der Waals surface area contributed by atoms with Crippen molar-refractivity contribution in [1.29, 1.82) is 0 Å². The number of ether oxygens (including phenoxy) is 3. The minimum Gasteiger partial charge on any atom is -0.428 e. The summed E-state index contributed by atoms with van der Waals surface area (Å²) in [6.45, 7) is 2.13. The van der Waals surface area contributed by atoms with Gasteiger partial charge in [0.15, 0.2) is 0 Å². The maximum absolute atomic E-state index is 12.0. The number of benzene rings is 1. The second kappa shape index (κ2) is 6.41. The number of fused-ring (bicyclic) bond motifs is 1. The van der Waals surface area contributed by atoms with E-state index in [1.54, 1.807) is 18.2 Å². The van der Waals surface area contributed by atoms with Crippen LogP contribution in [0.15, 0.2) is 42.5 Å². The molecule has 4 heteroatoms. The number of carbonyl (C=O) groups excluding carboxylic acids is 1. The standard InChI is InChI=1S/C17H20O4/c1-2-13-8-9-15-14(19-13)10-11-16(20-15)21-17(18)12-6-4-3-5-7-12/h3-7,10-11,13-16H,2,8-9H2,1H3/t13-,14+,15-,16-/m0/s1. The Kier molecular flexibility index (Phi) is 4.36. The predicted molar refractivity (Wildman–Crippen MR) is 77.8 cm³/mol. The first-order chi connectivity index (χ1) is 10.3. The lowest BCUT2D eigenvalue weighted by Gasteiger charge is -2.38. The van der Waals surface area contributed by atoms with Crippen LogP contribution in [-0.2, 0) is 14.2 Å². The highest BCUT2D eigenvalue weighted by Gasteiger charge is 2.34. The lowest BCUT2D eigenvalue weighted by molar-refractivity contribution is -0.188. The second-order valence-electron chi connectivity index (χ2n) is 5.41. The van der Waals surface area contributed by atoms with Crippen molar-refractivity contribution >= 4 is 5.97 Å². The van der Waals surface area contributed by atoms with E-state index in [1.165, 1.54) is 0 Å². The summed E-state index contributed by atoms with van der Waals surface area (Å²) in [5.74, 6) is -0.369. The molecule has 1 aromatic carbocycles. The Morgan fingerprint density at radius 2 is 2.00 bits per heavy atom. The number of hydrogen-bond donors (Lipinski definition) is 0. The molecule has 0 unspecified atom stereocenters. The van der Waals surface area contributed by atoms with Gasteiger partial charge in [-0.05, 0) is 37.5 Å². The summed E-state index contributed by atoms with van der Waals surface area (Å²) in [5.41, 5.74) is 0.530. The van der Waals surface area contributed by atoms with Gasteiger partial charge in [0.05, 0.1) is 17.8 Å². The summed E-state index contributed by atoms with van der Waals surface area (Å²) in [7, 11) is 0. The summed E-state index contributed by atoms with van der Waals surface area (Å²) in [4.78, 5) is 12.0. The van der Waals surface area contributed by atoms with Gasteiger partial charge < -0.3 is 14.2 Å². The first kappa shape index (κ1) is 14.3. The van der Waals surface area contributed by atoms with Crippen molar-refractivity contribution in [2.24, 2.45) is 0 Å². The molecule has 4 nitrogen and oxygen atoms in total. The zero-order valence-electron chi connectivity index (χ0n) is 12.1. The summed E-state index contributed by atoms with van der Waals surface area (Å²) in [6.07, 6.45) is 6.31. The van der Waals surface area contributed by atoms with Crippen LogP contribution in [0.3, 0.4) is 0 Å². The molecule has 112 valence electrons. The molecule has 1 aromatic rings. The third kappa shape index (κ3) is 3.34. The van der Waals surface area contributed by atoms with E-state index in [0.717, 1.165) is 19.3 Å². The number of rotatable bonds is 3. The van der Waals surface area contributed by atoms with Gasteiger partial charge in [-0.25, -0.2) is 4.79 Å². The van der Waals surface area contributed by atoms with E-state index in [1.807, 2.05) is 24.3 Å². The first-order valence-electron chi connectivity index (χ1n) is 7.51. The van der Waals surface area contributed by atoms with Crippen LogP contribution in [0.2, 0.25) is 0 Å². The molecule has 2 heterocycles.